The summed E-state index contributed by atoms with van der Waals surface area (Å²) < 4.78 is 121. The lowest BCUT2D eigenvalue weighted by Crippen LogP contribution is -2.00. The van der Waals surface area contributed by atoms with Crippen LogP contribution in [0.15, 0.2) is 168 Å². The van der Waals surface area contributed by atoms with Gasteiger partial charge in [-0.1, -0.05) is 115 Å². The highest BCUT2D eigenvalue weighted by Crippen LogP contribution is 2.37. The Bertz CT molecular complexity index is 3610. The highest BCUT2D eigenvalue weighted by Gasteiger charge is 2.16. The van der Waals surface area contributed by atoms with Crippen molar-refractivity contribution in [3.63, 3.8) is 0 Å². The van der Waals surface area contributed by atoms with Gasteiger partial charge in [0.1, 0.15) is 11.2 Å². The minimum Gasteiger partial charge on any atom is -0.456 e. The fourth-order valence-corrected chi connectivity index (χ4v) is 6.85. The van der Waals surface area contributed by atoms with Crippen molar-refractivity contribution in [3.8, 4) is 56.4 Å². The molecule has 3 heterocycles. The number of thiophene rings is 1. The van der Waals surface area contributed by atoms with Crippen LogP contribution in [-0.2, 0) is 0 Å². The largest absolute Gasteiger partial charge is 0.456 e. The molecule has 0 saturated carbocycles. The predicted molar refractivity (Wildman–Crippen MR) is 207 cm³/mol. The van der Waals surface area contributed by atoms with Gasteiger partial charge in [0.2, 0.25) is 0 Å². The monoisotopic (exact) mass is 670 g/mol. The van der Waals surface area contributed by atoms with E-state index in [0.29, 0.717) is 5.56 Å². The third-order valence-electron chi connectivity index (χ3n) is 8.35. The molecule has 7 aromatic carbocycles. The van der Waals surface area contributed by atoms with Gasteiger partial charge in [0.25, 0.3) is 0 Å². The number of hydrogen-bond acceptors (Lipinski definition) is 5. The van der Waals surface area contributed by atoms with Crippen LogP contribution in [0.2, 0.25) is 0 Å². The summed E-state index contributed by atoms with van der Waals surface area (Å²) in [6, 6.07) is 21.0. The van der Waals surface area contributed by atoms with Crippen LogP contribution >= 0.6 is 11.3 Å². The van der Waals surface area contributed by atoms with Crippen LogP contribution in [0.4, 0.5) is 0 Å². The van der Waals surface area contributed by atoms with E-state index >= 15 is 0 Å². The van der Waals surface area contributed by atoms with E-state index in [1.807, 2.05) is 60.7 Å². The van der Waals surface area contributed by atoms with Crippen LogP contribution in [-0.4, -0.2) is 15.0 Å². The van der Waals surface area contributed by atoms with E-state index in [-0.39, 0.29) is 101 Å². The normalized spacial score (nSPS) is 15.2. The smallest absolute Gasteiger partial charge is 0.164 e. The molecule has 10 rings (SSSR count). The Hall–Kier alpha value is -6.43. The van der Waals surface area contributed by atoms with Gasteiger partial charge < -0.3 is 4.42 Å². The third-order valence-corrected chi connectivity index (χ3v) is 9.38. The van der Waals surface area contributed by atoms with Crippen LogP contribution in [0.3, 0.4) is 0 Å². The van der Waals surface area contributed by atoms with Gasteiger partial charge in [0.05, 0.1) is 17.8 Å². The first-order chi connectivity index (χ1) is 30.2. The molecule has 10 aromatic rings. The quantitative estimate of drug-likeness (QED) is 0.183. The van der Waals surface area contributed by atoms with Crippen molar-refractivity contribution in [2.24, 2.45) is 0 Å². The summed E-state index contributed by atoms with van der Waals surface area (Å²) in [4.78, 5) is 14.0. The molecule has 3 aromatic heterocycles. The molecule has 0 aliphatic carbocycles. The van der Waals surface area contributed by atoms with E-state index < -0.39 is 48.3 Å². The zero-order chi connectivity index (χ0) is 44.3. The van der Waals surface area contributed by atoms with Gasteiger partial charge in [-0.05, 0) is 70.6 Å². The minimum atomic E-state index is -0.574. The van der Waals surface area contributed by atoms with Crippen molar-refractivity contribution in [1.29, 1.82) is 0 Å². The van der Waals surface area contributed by atoms with E-state index in [1.165, 1.54) is 6.07 Å². The number of benzene rings is 7. The maximum absolute atomic E-state index is 9.48. The van der Waals surface area contributed by atoms with Crippen LogP contribution in [0.25, 0.3) is 98.5 Å². The lowest BCUT2D eigenvalue weighted by Gasteiger charge is -2.10. The second kappa shape index (κ2) is 11.6. The molecule has 234 valence electrons. The summed E-state index contributed by atoms with van der Waals surface area (Å²) in [6.45, 7) is 0. The highest BCUT2D eigenvalue weighted by atomic mass is 32.1. The minimum absolute atomic E-state index is 0.0159. The summed E-state index contributed by atoms with van der Waals surface area (Å²) in [5, 5.41) is -0.137. The molecule has 0 aliphatic rings. The van der Waals surface area contributed by atoms with E-state index in [1.54, 1.807) is 12.1 Å². The summed E-state index contributed by atoms with van der Waals surface area (Å²) in [6.07, 6.45) is 0. The van der Waals surface area contributed by atoms with E-state index in [2.05, 4.69) is 11.1 Å². The number of nitrogens with zero attached hydrogens (tertiary/aromatic N) is 3. The Balaban J connectivity index is 1.23. The molecular weight excluding hydrogens is 631 g/mol. The molecule has 0 radical (unpaired) electrons. The number of aromatic nitrogens is 3. The summed E-state index contributed by atoms with van der Waals surface area (Å²) in [5.74, 6) is -0.643. The summed E-state index contributed by atoms with van der Waals surface area (Å²) in [5.41, 5.74) is 3.13. The maximum Gasteiger partial charge on any atom is 0.164 e. The Morgan fingerprint density at radius 1 is 0.420 bits per heavy atom. The zero-order valence-electron chi connectivity index (χ0n) is 38.7. The Morgan fingerprint density at radius 3 is 1.86 bits per heavy atom. The number of rotatable bonds is 5. The first-order valence-corrected chi connectivity index (χ1v) is 16.4. The number of hydrogen-bond donors (Lipinski definition) is 0. The third kappa shape index (κ3) is 4.95. The van der Waals surface area contributed by atoms with Crippen molar-refractivity contribution in [2.45, 2.75) is 0 Å². The van der Waals surface area contributed by atoms with E-state index in [0.717, 1.165) is 33.6 Å². The van der Waals surface area contributed by atoms with Crippen LogP contribution in [0.5, 0.6) is 0 Å². The van der Waals surface area contributed by atoms with Gasteiger partial charge >= 0.3 is 0 Å². The Kier molecular flexibility index (Phi) is 4.27. The van der Waals surface area contributed by atoms with Crippen LogP contribution in [0, 0.1) is 0 Å². The molecule has 0 unspecified atom stereocenters. The summed E-state index contributed by atoms with van der Waals surface area (Å²) in [7, 11) is 0. The second-order valence-electron chi connectivity index (χ2n) is 11.4. The lowest BCUT2D eigenvalue weighted by atomic mass is 9.98. The molecule has 0 N–H and O–H groups in total. The topological polar surface area (TPSA) is 51.8 Å². The van der Waals surface area contributed by atoms with Crippen molar-refractivity contribution in [2.75, 3.05) is 0 Å². The Morgan fingerprint density at radius 2 is 1.04 bits per heavy atom. The molecular formula is C45H27N3OS. The first kappa shape index (κ1) is 18.4. The molecule has 0 saturated heterocycles. The van der Waals surface area contributed by atoms with Crippen molar-refractivity contribution >= 4 is 53.4 Å². The lowest BCUT2D eigenvalue weighted by molar-refractivity contribution is 0.669. The average Bonchev–Trinajstić information content (AvgIpc) is 3.91. The zero-order valence-corrected chi connectivity index (χ0v) is 26.6. The number of furan rings is 1. The van der Waals surface area contributed by atoms with Gasteiger partial charge in [-0.25, -0.2) is 15.0 Å². The fourth-order valence-electron chi connectivity index (χ4n) is 5.91. The molecule has 0 atom stereocenters. The van der Waals surface area contributed by atoms with Crippen molar-refractivity contribution in [1.82, 2.24) is 15.0 Å². The molecule has 4 nitrogen and oxygen atoms in total. The summed E-state index contributed by atoms with van der Waals surface area (Å²) >= 11 is 0.978. The van der Waals surface area contributed by atoms with Crippen LogP contribution < -0.4 is 0 Å². The highest BCUT2D eigenvalue weighted by molar-refractivity contribution is 7.25. The second-order valence-corrected chi connectivity index (χ2v) is 12.4. The SMILES string of the molecule is [2H]c1cc([2H])c2sc3c([2H])c([2H])c(-c4nc(-c5ccc(-c6cccc(-c7ccccc7)c6)cc5)nc(-c5c([2H])c([2H])c6c(oc7c([2H])c([2H])c([2H])c([2H])c76)c5[2H])n4)c([2H])c3c2c1[2H]. The molecule has 0 aliphatic heterocycles. The number of fused-ring (bicyclic) bond motifs is 6. The maximum atomic E-state index is 9.48. The predicted octanol–water partition coefficient (Wildman–Crippen LogP) is 12.5. The van der Waals surface area contributed by atoms with Gasteiger partial charge in [-0.3, -0.25) is 0 Å². The van der Waals surface area contributed by atoms with Crippen LogP contribution in [0.1, 0.15) is 17.8 Å². The number of para-hydroxylation sites is 1. The standard InChI is InChI=1S/C45H27N3OS/c1-2-9-28(10-3-1)31-11-8-12-32(25-31)29-17-19-30(20-18-29)43-46-44(33-22-24-42-38(26-33)37-14-5-7-16-41(37)50-42)48-45(47-43)34-21-23-36-35-13-4-6-15-39(35)49-40(36)27-34/h1-27H/i4D,5D,6D,13D,14D,15D,16D,21D,22D,23D,24D,26D,27D. The Labute approximate surface area is 310 Å². The molecule has 5 heteroatoms. The van der Waals surface area contributed by atoms with Gasteiger partial charge in [-0.2, -0.15) is 0 Å². The van der Waals surface area contributed by atoms with Gasteiger partial charge in [0.15, 0.2) is 17.5 Å². The van der Waals surface area contributed by atoms with E-state index in [4.69, 9.17) is 26.7 Å². The fraction of sp³-hybridized carbons (Fsp3) is 0. The van der Waals surface area contributed by atoms with Crippen molar-refractivity contribution in [3.05, 3.63) is 163 Å². The van der Waals surface area contributed by atoms with Gasteiger partial charge in [0, 0.05) is 47.6 Å². The van der Waals surface area contributed by atoms with Gasteiger partial charge in [-0.15, -0.1) is 11.3 Å². The molecule has 0 amide bonds. The molecule has 0 fully saturated rings. The first-order valence-electron chi connectivity index (χ1n) is 22.0. The molecule has 0 bridgehead atoms. The van der Waals surface area contributed by atoms with E-state index in [9.17, 15) is 5.48 Å². The average molecular weight is 671 g/mol. The molecule has 0 spiro atoms. The molecule has 50 heavy (non-hydrogen) atoms. The van der Waals surface area contributed by atoms with Crippen molar-refractivity contribution < 1.29 is 22.2 Å².